The maximum absolute atomic E-state index is 11.1. The van der Waals surface area contributed by atoms with Gasteiger partial charge in [0.2, 0.25) is 0 Å². The van der Waals surface area contributed by atoms with Crippen LogP contribution >= 0.6 is 0 Å². The van der Waals surface area contributed by atoms with Crippen molar-refractivity contribution >= 4 is 5.91 Å². The largest absolute Gasteiger partial charge is 0.379 e. The molecular formula is C11H14N4O2. The zero-order valence-corrected chi connectivity index (χ0v) is 9.59. The van der Waals surface area contributed by atoms with Gasteiger partial charge in [0.25, 0.3) is 5.91 Å². The van der Waals surface area contributed by atoms with Crippen LogP contribution in [0.1, 0.15) is 28.5 Å². The molecule has 0 radical (unpaired) electrons. The number of hydrogen-bond donors (Lipinski definition) is 1. The minimum absolute atomic E-state index is 0.135. The van der Waals surface area contributed by atoms with E-state index in [4.69, 9.17) is 15.7 Å². The maximum Gasteiger partial charge on any atom is 0.252 e. The minimum atomic E-state index is -0.501. The van der Waals surface area contributed by atoms with Crippen LogP contribution in [0.2, 0.25) is 0 Å². The smallest absolute Gasteiger partial charge is 0.252 e. The average Bonchev–Trinajstić information content (AvgIpc) is 2.71. The fraction of sp³-hybridized carbons (Fsp3) is 0.545. The highest BCUT2D eigenvalue weighted by atomic mass is 16.5. The van der Waals surface area contributed by atoms with Gasteiger partial charge in [-0.05, 0) is 13.3 Å². The summed E-state index contributed by atoms with van der Waals surface area (Å²) >= 11 is 0. The summed E-state index contributed by atoms with van der Waals surface area (Å²) < 4.78 is 6.98. The number of primary amides is 1. The molecule has 17 heavy (non-hydrogen) atoms. The Morgan fingerprint density at radius 3 is 3.12 bits per heavy atom. The maximum atomic E-state index is 11.1. The fourth-order valence-electron chi connectivity index (χ4n) is 2.03. The second-order valence-electron chi connectivity index (χ2n) is 4.14. The van der Waals surface area contributed by atoms with Gasteiger partial charge >= 0.3 is 0 Å². The van der Waals surface area contributed by atoms with E-state index in [-0.39, 0.29) is 12.0 Å². The van der Waals surface area contributed by atoms with Crippen molar-refractivity contribution in [3.05, 3.63) is 17.5 Å². The van der Waals surface area contributed by atoms with Gasteiger partial charge < -0.3 is 10.5 Å². The molecule has 1 aliphatic heterocycles. The first kappa shape index (κ1) is 11.6. The summed E-state index contributed by atoms with van der Waals surface area (Å²) in [5.41, 5.74) is 6.21. The Morgan fingerprint density at radius 2 is 2.53 bits per heavy atom. The molecule has 0 spiro atoms. The van der Waals surface area contributed by atoms with Crippen molar-refractivity contribution in [1.82, 2.24) is 9.78 Å². The summed E-state index contributed by atoms with van der Waals surface area (Å²) in [4.78, 5) is 11.1. The number of ether oxygens (including phenoxy) is 1. The van der Waals surface area contributed by atoms with Crippen molar-refractivity contribution < 1.29 is 9.53 Å². The zero-order chi connectivity index (χ0) is 12.4. The first-order valence-electron chi connectivity index (χ1n) is 5.46. The highest BCUT2D eigenvalue weighted by molar-refractivity contribution is 5.93. The second kappa shape index (κ2) is 4.55. The SMILES string of the molecule is Cc1nn(C2COCCC2C#N)cc1C(N)=O. The van der Waals surface area contributed by atoms with Crippen LogP contribution in [0.5, 0.6) is 0 Å². The molecule has 0 aliphatic carbocycles. The van der Waals surface area contributed by atoms with E-state index >= 15 is 0 Å². The summed E-state index contributed by atoms with van der Waals surface area (Å²) in [7, 11) is 0. The number of nitriles is 1. The van der Waals surface area contributed by atoms with E-state index in [0.717, 1.165) is 0 Å². The second-order valence-corrected chi connectivity index (χ2v) is 4.14. The number of nitrogens with zero attached hydrogens (tertiary/aromatic N) is 3. The topological polar surface area (TPSA) is 93.9 Å². The number of nitrogens with two attached hydrogens (primary N) is 1. The lowest BCUT2D eigenvalue weighted by Gasteiger charge is -2.26. The number of carbonyl (C=O) groups is 1. The Kier molecular flexibility index (Phi) is 3.11. The standard InChI is InChI=1S/C11H14N4O2/c1-7-9(11(13)16)5-15(14-7)10-6-17-3-2-8(10)4-12/h5,8,10H,2-3,6H2,1H3,(H2,13,16). The third kappa shape index (κ3) is 2.15. The van der Waals surface area contributed by atoms with Crippen LogP contribution in [0.15, 0.2) is 6.20 Å². The predicted molar refractivity (Wildman–Crippen MR) is 59.1 cm³/mol. The molecule has 1 amide bonds. The molecule has 6 nitrogen and oxygen atoms in total. The van der Waals surface area contributed by atoms with Gasteiger partial charge in [0.15, 0.2) is 0 Å². The molecule has 2 N–H and O–H groups in total. The first-order valence-corrected chi connectivity index (χ1v) is 5.46. The fourth-order valence-corrected chi connectivity index (χ4v) is 2.03. The molecule has 2 rings (SSSR count). The van der Waals surface area contributed by atoms with Crippen LogP contribution in [-0.4, -0.2) is 28.9 Å². The third-order valence-electron chi connectivity index (χ3n) is 3.01. The molecule has 1 aliphatic rings. The van der Waals surface area contributed by atoms with E-state index < -0.39 is 5.91 Å². The number of aromatic nitrogens is 2. The molecule has 0 bridgehead atoms. The molecule has 1 aromatic rings. The van der Waals surface area contributed by atoms with Gasteiger partial charge in [0, 0.05) is 12.8 Å². The van der Waals surface area contributed by atoms with E-state index in [9.17, 15) is 4.79 Å². The van der Waals surface area contributed by atoms with Crippen LogP contribution in [0.25, 0.3) is 0 Å². The summed E-state index contributed by atoms with van der Waals surface area (Å²) in [5.74, 6) is -0.636. The quantitative estimate of drug-likeness (QED) is 0.800. The number of rotatable bonds is 2. The summed E-state index contributed by atoms with van der Waals surface area (Å²) in [5, 5.41) is 13.3. The lowest BCUT2D eigenvalue weighted by molar-refractivity contribution is 0.0340. The highest BCUT2D eigenvalue weighted by Gasteiger charge is 2.28. The molecule has 90 valence electrons. The van der Waals surface area contributed by atoms with E-state index in [1.165, 1.54) is 0 Å². The molecule has 2 heterocycles. The average molecular weight is 234 g/mol. The van der Waals surface area contributed by atoms with Crippen molar-refractivity contribution in [3.63, 3.8) is 0 Å². The number of amides is 1. The lowest BCUT2D eigenvalue weighted by Crippen LogP contribution is -2.29. The van der Waals surface area contributed by atoms with Crippen molar-refractivity contribution in [1.29, 1.82) is 5.26 Å². The monoisotopic (exact) mass is 234 g/mol. The van der Waals surface area contributed by atoms with E-state index in [0.29, 0.717) is 30.9 Å². The van der Waals surface area contributed by atoms with E-state index in [1.807, 2.05) is 0 Å². The molecule has 2 atom stereocenters. The van der Waals surface area contributed by atoms with Crippen LogP contribution in [0.4, 0.5) is 0 Å². The predicted octanol–water partition coefficient (Wildman–Crippen LogP) is 0.392. The molecule has 2 unspecified atom stereocenters. The Morgan fingerprint density at radius 1 is 1.76 bits per heavy atom. The van der Waals surface area contributed by atoms with E-state index in [2.05, 4.69) is 11.2 Å². The van der Waals surface area contributed by atoms with Gasteiger partial charge in [-0.3, -0.25) is 9.48 Å². The first-order chi connectivity index (χ1) is 8.13. The van der Waals surface area contributed by atoms with Crippen molar-refractivity contribution in [2.75, 3.05) is 13.2 Å². The van der Waals surface area contributed by atoms with Gasteiger partial charge in [-0.2, -0.15) is 10.4 Å². The molecule has 0 saturated carbocycles. The van der Waals surface area contributed by atoms with Gasteiger partial charge in [0.05, 0.1) is 35.9 Å². The molecule has 1 fully saturated rings. The number of carbonyl (C=O) groups excluding carboxylic acids is 1. The van der Waals surface area contributed by atoms with Crippen molar-refractivity contribution in [2.24, 2.45) is 11.7 Å². The van der Waals surface area contributed by atoms with Gasteiger partial charge in [-0.15, -0.1) is 0 Å². The summed E-state index contributed by atoms with van der Waals surface area (Å²) in [6, 6.07) is 2.12. The normalized spacial score (nSPS) is 24.2. The van der Waals surface area contributed by atoms with E-state index in [1.54, 1.807) is 17.8 Å². The highest BCUT2D eigenvalue weighted by Crippen LogP contribution is 2.26. The Labute approximate surface area is 99.0 Å². The van der Waals surface area contributed by atoms with Crippen LogP contribution < -0.4 is 5.73 Å². The Bertz CT molecular complexity index is 474. The van der Waals surface area contributed by atoms with Crippen LogP contribution in [-0.2, 0) is 4.74 Å². The van der Waals surface area contributed by atoms with Crippen molar-refractivity contribution in [2.45, 2.75) is 19.4 Å². The molecule has 1 aromatic heterocycles. The van der Waals surface area contributed by atoms with Gasteiger partial charge in [0.1, 0.15) is 0 Å². The van der Waals surface area contributed by atoms with Crippen LogP contribution in [0.3, 0.4) is 0 Å². The van der Waals surface area contributed by atoms with Gasteiger partial charge in [-0.1, -0.05) is 0 Å². The minimum Gasteiger partial charge on any atom is -0.379 e. The molecular weight excluding hydrogens is 220 g/mol. The van der Waals surface area contributed by atoms with Crippen LogP contribution in [0, 0.1) is 24.2 Å². The number of aryl methyl sites for hydroxylation is 1. The summed E-state index contributed by atoms with van der Waals surface area (Å²) in [6.45, 7) is 2.76. The summed E-state index contributed by atoms with van der Waals surface area (Å²) in [6.07, 6.45) is 2.29. The Balaban J connectivity index is 2.30. The van der Waals surface area contributed by atoms with Gasteiger partial charge in [-0.25, -0.2) is 0 Å². The third-order valence-corrected chi connectivity index (χ3v) is 3.01. The molecule has 1 saturated heterocycles. The Hall–Kier alpha value is -1.87. The zero-order valence-electron chi connectivity index (χ0n) is 9.59. The van der Waals surface area contributed by atoms with Crippen molar-refractivity contribution in [3.8, 4) is 6.07 Å². The molecule has 6 heteroatoms. The molecule has 0 aromatic carbocycles. The number of hydrogen-bond acceptors (Lipinski definition) is 4. The lowest BCUT2D eigenvalue weighted by atomic mass is 9.97.